The van der Waals surface area contributed by atoms with Gasteiger partial charge in [-0.3, -0.25) is 24.0 Å². The molecule has 10 rings (SSSR count). The Morgan fingerprint density at radius 2 is 0.603 bits per heavy atom. The third-order valence-corrected chi connectivity index (χ3v) is 15.6. The number of hydrogen-bond acceptors (Lipinski definition) is 10. The minimum atomic E-state index is -2.32. The number of benzene rings is 5. The summed E-state index contributed by atoms with van der Waals surface area (Å²) in [6, 6.07) is 45.8. The molecule has 0 spiro atoms. The molecule has 5 saturated carbocycles. The third kappa shape index (κ3) is 13.5. The molecular weight excluding hydrogens is 907 g/mol. The summed E-state index contributed by atoms with van der Waals surface area (Å²) >= 11 is 0. The Kier molecular flexibility index (Phi) is 17.5. The molecule has 388 valence electrons. The average Bonchev–Trinajstić information content (AvgIpc) is 3.49. The summed E-state index contributed by atoms with van der Waals surface area (Å²) in [4.78, 5) is 60.0. The Hall–Kier alpha value is -5.75. The van der Waals surface area contributed by atoms with Crippen LogP contribution in [0.1, 0.15) is 170 Å². The van der Waals surface area contributed by atoms with Crippen molar-refractivity contribution in [1.82, 2.24) is 10.6 Å². The van der Waals surface area contributed by atoms with E-state index in [-0.39, 0.29) is 28.9 Å². The second kappa shape index (κ2) is 26.5. The van der Waals surface area contributed by atoms with Crippen LogP contribution in [0.25, 0.3) is 0 Å². The predicted molar refractivity (Wildman–Crippen MR) is 293 cm³/mol. The van der Waals surface area contributed by atoms with Crippen molar-refractivity contribution in [2.75, 3.05) is 14.0 Å². The molecule has 0 heterocycles. The lowest BCUT2D eigenvalue weighted by atomic mass is 9.76. The highest BCUT2D eigenvalue weighted by atomic mass is 16.1. The molecule has 0 bridgehead atoms. The van der Waals surface area contributed by atoms with Gasteiger partial charge in [-0.05, 0) is 113 Å². The molecule has 0 saturated heterocycles. The van der Waals surface area contributed by atoms with Gasteiger partial charge >= 0.3 is 0 Å². The van der Waals surface area contributed by atoms with Gasteiger partial charge in [-0.15, -0.1) is 0 Å². The standard InChI is InChI=1S/3C13H17NO.2C12H15NO/c1-10-5-7-11(8-6-10)13(14)9-3-2-4-12(13)15;2*1-14-13(10-6-5-9-12(13)15)11-7-3-2-4-8-11;2*13-12(9-5-4-8-11(12)14)10-6-2-1-3-7-10/h5-8H,2-4,9,14H2,1H3;2*2-4,7-8,14H,5-6,9-10H2,1H3;2*1-3,6-7H,4-5,8-9,13H2/t3*13-;2*12-/m01010/s1/i;2*1D3;;. The SMILES string of the molecule is Cc1ccc([C@@]2(N)CCCCC2=O)cc1.N[C@@]1(c2ccccc2)CCCCC1=O.N[C@]1(c2ccccc2)CCCCC1=O.[2H]C([2H])([2H])N[C@@]1(c2ccccc2)CCCCC1=O.[2H]C([2H])([2H])N[C@]1(c2ccccc2)CCCCC1=O. The molecule has 5 aliphatic rings. The number of carbonyl (C=O) groups excluding carboxylic acids is 5. The van der Waals surface area contributed by atoms with Crippen LogP contribution in [0.5, 0.6) is 0 Å². The van der Waals surface area contributed by atoms with E-state index in [0.29, 0.717) is 44.9 Å². The molecule has 10 nitrogen and oxygen atoms in total. The Labute approximate surface area is 443 Å². The Bertz CT molecular complexity index is 2630. The van der Waals surface area contributed by atoms with E-state index in [1.165, 1.54) is 5.56 Å². The lowest BCUT2D eigenvalue weighted by Gasteiger charge is -2.36. The molecule has 0 aliphatic heterocycles. The summed E-state index contributed by atoms with van der Waals surface area (Å²) in [5.41, 5.74) is 20.0. The van der Waals surface area contributed by atoms with Crippen LogP contribution >= 0.6 is 0 Å². The maximum atomic E-state index is 12.3. The fourth-order valence-electron chi connectivity index (χ4n) is 10.9. The van der Waals surface area contributed by atoms with E-state index < -0.39 is 41.6 Å². The van der Waals surface area contributed by atoms with Crippen molar-refractivity contribution >= 4 is 28.9 Å². The van der Waals surface area contributed by atoms with E-state index in [9.17, 15) is 24.0 Å². The molecule has 5 atom stereocenters. The highest BCUT2D eigenvalue weighted by molar-refractivity contribution is 5.92. The van der Waals surface area contributed by atoms with Gasteiger partial charge in [0, 0.05) is 40.3 Å². The molecule has 10 heteroatoms. The largest absolute Gasteiger partial charge is 0.315 e. The average molecular weight is 994 g/mol. The van der Waals surface area contributed by atoms with Gasteiger partial charge in [-0.1, -0.05) is 183 Å². The Morgan fingerprint density at radius 1 is 0.342 bits per heavy atom. The van der Waals surface area contributed by atoms with Crippen LogP contribution in [0.15, 0.2) is 146 Å². The molecule has 5 aliphatic carbocycles. The van der Waals surface area contributed by atoms with Crippen molar-refractivity contribution in [2.45, 2.75) is 163 Å². The molecule has 0 radical (unpaired) electrons. The van der Waals surface area contributed by atoms with Gasteiger partial charge in [-0.2, -0.15) is 0 Å². The summed E-state index contributed by atoms with van der Waals surface area (Å²) in [7, 11) is 0. The Balaban J connectivity index is 0.000000160. The molecule has 0 unspecified atom stereocenters. The van der Waals surface area contributed by atoms with Crippen molar-refractivity contribution in [3.05, 3.63) is 179 Å². The van der Waals surface area contributed by atoms with Gasteiger partial charge < -0.3 is 27.8 Å². The number of carbonyl (C=O) groups is 5. The summed E-state index contributed by atoms with van der Waals surface area (Å²) in [5, 5.41) is 5.18. The highest BCUT2D eigenvalue weighted by Crippen LogP contribution is 2.37. The summed E-state index contributed by atoms with van der Waals surface area (Å²) < 4.78 is 44.4. The zero-order valence-corrected chi connectivity index (χ0v) is 42.8. The maximum Gasteiger partial charge on any atom is 0.157 e. The molecule has 0 aromatic heterocycles. The lowest BCUT2D eigenvalue weighted by Crippen LogP contribution is -2.49. The molecule has 8 N–H and O–H groups in total. The van der Waals surface area contributed by atoms with Crippen LogP contribution in [-0.2, 0) is 51.7 Å². The number of nitrogens with two attached hydrogens (primary N) is 3. The lowest BCUT2D eigenvalue weighted by molar-refractivity contribution is -0.128. The first-order valence-electron chi connectivity index (χ1n) is 29.4. The van der Waals surface area contributed by atoms with Crippen LogP contribution < -0.4 is 27.8 Å². The van der Waals surface area contributed by atoms with E-state index in [4.69, 9.17) is 25.4 Å². The summed E-state index contributed by atoms with van der Waals surface area (Å²) in [6.45, 7) is -2.60. The van der Waals surface area contributed by atoms with Crippen LogP contribution in [0, 0.1) is 6.92 Å². The smallest absolute Gasteiger partial charge is 0.157 e. The van der Waals surface area contributed by atoms with Crippen LogP contribution in [0.3, 0.4) is 0 Å². The van der Waals surface area contributed by atoms with Gasteiger partial charge in [0.25, 0.3) is 0 Å². The van der Waals surface area contributed by atoms with Crippen LogP contribution in [0.4, 0.5) is 0 Å². The monoisotopic (exact) mass is 994 g/mol. The van der Waals surface area contributed by atoms with Crippen LogP contribution in [0.2, 0.25) is 0 Å². The van der Waals surface area contributed by atoms with Gasteiger partial charge in [0.05, 0.1) is 0 Å². The van der Waals surface area contributed by atoms with Crippen molar-refractivity contribution < 1.29 is 32.2 Å². The normalized spacial score (nSPS) is 28.6. The van der Waals surface area contributed by atoms with Gasteiger partial charge in [0.15, 0.2) is 28.9 Å². The number of Topliss-reactive ketones (excluding diaryl/α,β-unsaturated/α-hetero) is 5. The van der Waals surface area contributed by atoms with E-state index in [1.807, 2.05) is 153 Å². The quantitative estimate of drug-likeness (QED) is 0.105. The first kappa shape index (κ1) is 48.2. The van der Waals surface area contributed by atoms with Crippen molar-refractivity contribution in [3.63, 3.8) is 0 Å². The van der Waals surface area contributed by atoms with Crippen molar-refractivity contribution in [2.24, 2.45) is 17.2 Å². The molecule has 0 amide bonds. The first-order valence-corrected chi connectivity index (χ1v) is 26.4. The molecule has 5 aromatic rings. The Morgan fingerprint density at radius 3 is 0.877 bits per heavy atom. The minimum Gasteiger partial charge on any atom is -0.315 e. The van der Waals surface area contributed by atoms with E-state index in [1.54, 1.807) is 0 Å². The van der Waals surface area contributed by atoms with Crippen LogP contribution in [-0.4, -0.2) is 42.9 Å². The molecular formula is C63H81N5O5. The zero-order valence-electron chi connectivity index (χ0n) is 48.8. The van der Waals surface area contributed by atoms with E-state index in [0.717, 1.165) is 111 Å². The molecule has 73 heavy (non-hydrogen) atoms. The van der Waals surface area contributed by atoms with Crippen molar-refractivity contribution in [1.29, 1.82) is 0 Å². The maximum absolute atomic E-state index is 12.3. The topological polar surface area (TPSA) is 187 Å². The second-order valence-corrected chi connectivity index (χ2v) is 20.5. The summed E-state index contributed by atoms with van der Waals surface area (Å²) in [6.07, 6.45) is 15.8. The van der Waals surface area contributed by atoms with Gasteiger partial charge in [-0.25, -0.2) is 0 Å². The van der Waals surface area contributed by atoms with Gasteiger partial charge in [0.1, 0.15) is 27.7 Å². The number of nitrogens with one attached hydrogen (secondary N) is 2. The first-order chi connectivity index (χ1) is 37.5. The number of hydrogen-bond donors (Lipinski definition) is 5. The minimum absolute atomic E-state index is 0.0175. The number of rotatable bonds is 7. The van der Waals surface area contributed by atoms with E-state index >= 15 is 0 Å². The summed E-state index contributed by atoms with van der Waals surface area (Å²) in [5.74, 6) is 0.537. The third-order valence-electron chi connectivity index (χ3n) is 15.6. The molecule has 5 fully saturated rings. The fourth-order valence-corrected chi connectivity index (χ4v) is 10.9. The zero-order chi connectivity index (χ0) is 57.4. The molecule has 5 aromatic carbocycles. The van der Waals surface area contributed by atoms with Gasteiger partial charge in [0.2, 0.25) is 0 Å². The van der Waals surface area contributed by atoms with E-state index in [2.05, 4.69) is 10.6 Å². The number of ketones is 5. The second-order valence-electron chi connectivity index (χ2n) is 20.5. The van der Waals surface area contributed by atoms with Crippen molar-refractivity contribution in [3.8, 4) is 0 Å². The number of aryl methyl sites for hydroxylation is 1. The fraction of sp³-hybridized carbons (Fsp3) is 0.444. The number of likely N-dealkylation sites (N-methyl/N-ethyl adjacent to an activating group) is 2. The highest BCUT2D eigenvalue weighted by Gasteiger charge is 2.42. The predicted octanol–water partition coefficient (Wildman–Crippen LogP) is 10.7.